The normalized spacial score (nSPS) is 11.1. The van der Waals surface area contributed by atoms with Crippen LogP contribution in [0.2, 0.25) is 0 Å². The molecule has 4 heterocycles. The number of nitrogens with zero attached hydrogens (tertiary/aromatic N) is 5. The van der Waals surface area contributed by atoms with Crippen molar-refractivity contribution in [3.63, 3.8) is 0 Å². The summed E-state index contributed by atoms with van der Waals surface area (Å²) in [6.07, 6.45) is 5.54. The number of aryl methyl sites for hydroxylation is 1. The third-order valence-corrected chi connectivity index (χ3v) is 5.50. The van der Waals surface area contributed by atoms with Crippen LogP contribution in [0.1, 0.15) is 5.69 Å². The minimum Gasteiger partial charge on any atom is -0.288 e. The van der Waals surface area contributed by atoms with Crippen LogP contribution in [0.15, 0.2) is 73.3 Å². The minimum absolute atomic E-state index is 0.788. The van der Waals surface area contributed by atoms with E-state index in [1.54, 1.807) is 17.7 Å². The Morgan fingerprint density at radius 3 is 2.41 bits per heavy atom. The monoisotopic (exact) mass is 369 g/mol. The Labute approximate surface area is 160 Å². The molecule has 27 heavy (non-hydrogen) atoms. The Morgan fingerprint density at radius 1 is 0.815 bits per heavy atom. The van der Waals surface area contributed by atoms with Gasteiger partial charge in [0.1, 0.15) is 12.0 Å². The number of hydrogen-bond acceptors (Lipinski definition) is 5. The molecule has 4 aromatic heterocycles. The van der Waals surface area contributed by atoms with Crippen LogP contribution < -0.4 is 0 Å². The number of aromatic nitrogens is 5. The van der Waals surface area contributed by atoms with Crippen LogP contribution >= 0.6 is 11.3 Å². The number of rotatable bonds is 3. The first-order chi connectivity index (χ1) is 13.3. The summed E-state index contributed by atoms with van der Waals surface area (Å²) in [6.45, 7) is 1.96. The fraction of sp³-hybridized carbons (Fsp3) is 0.0476. The molecule has 5 nitrogen and oxygen atoms in total. The van der Waals surface area contributed by atoms with E-state index in [-0.39, 0.29) is 0 Å². The molecule has 0 aliphatic carbocycles. The fourth-order valence-corrected chi connectivity index (χ4v) is 4.09. The minimum atomic E-state index is 0.788. The van der Waals surface area contributed by atoms with Gasteiger partial charge in [0.05, 0.1) is 21.1 Å². The Hall–Kier alpha value is -3.38. The summed E-state index contributed by atoms with van der Waals surface area (Å²) in [6, 6.07) is 18.3. The van der Waals surface area contributed by atoms with Crippen molar-refractivity contribution in [2.24, 2.45) is 0 Å². The maximum atomic E-state index is 4.56. The Balaban J connectivity index is 1.66. The second-order valence-electron chi connectivity index (χ2n) is 6.22. The zero-order chi connectivity index (χ0) is 18.2. The first-order valence-corrected chi connectivity index (χ1v) is 9.39. The molecule has 0 aliphatic heterocycles. The van der Waals surface area contributed by atoms with Crippen molar-refractivity contribution in [1.82, 2.24) is 24.7 Å². The zero-order valence-corrected chi connectivity index (χ0v) is 15.4. The largest absolute Gasteiger partial charge is 0.288 e. The van der Waals surface area contributed by atoms with Gasteiger partial charge in [0.2, 0.25) is 0 Å². The number of hydrogen-bond donors (Lipinski definition) is 0. The van der Waals surface area contributed by atoms with Gasteiger partial charge in [-0.25, -0.2) is 4.98 Å². The van der Waals surface area contributed by atoms with Crippen molar-refractivity contribution in [1.29, 1.82) is 0 Å². The molecule has 0 fully saturated rings. The second kappa shape index (κ2) is 6.41. The molecule has 0 N–H and O–H groups in total. The van der Waals surface area contributed by atoms with Crippen molar-refractivity contribution in [2.45, 2.75) is 6.92 Å². The van der Waals surface area contributed by atoms with E-state index in [0.29, 0.717) is 0 Å². The van der Waals surface area contributed by atoms with Crippen LogP contribution in [-0.2, 0) is 0 Å². The van der Waals surface area contributed by atoms with E-state index in [9.17, 15) is 0 Å². The van der Waals surface area contributed by atoms with Gasteiger partial charge in [0, 0.05) is 23.2 Å². The molecule has 130 valence electrons. The molecule has 0 amide bonds. The van der Waals surface area contributed by atoms with Crippen LogP contribution in [0.25, 0.3) is 37.7 Å². The highest BCUT2D eigenvalue weighted by molar-refractivity contribution is 7.18. The van der Waals surface area contributed by atoms with Gasteiger partial charge in [-0.15, -0.1) is 21.5 Å². The summed E-state index contributed by atoms with van der Waals surface area (Å²) in [5.74, 6) is 0.788. The van der Waals surface area contributed by atoms with Gasteiger partial charge < -0.3 is 0 Å². The van der Waals surface area contributed by atoms with Crippen LogP contribution in [0.5, 0.6) is 0 Å². The van der Waals surface area contributed by atoms with E-state index < -0.39 is 0 Å². The number of thiophene rings is 1. The molecule has 5 rings (SSSR count). The third-order valence-electron chi connectivity index (χ3n) is 4.38. The van der Waals surface area contributed by atoms with E-state index in [1.165, 1.54) is 0 Å². The second-order valence-corrected chi connectivity index (χ2v) is 7.30. The Bertz CT molecular complexity index is 1240. The topological polar surface area (TPSA) is 56.5 Å². The first kappa shape index (κ1) is 15.8. The quantitative estimate of drug-likeness (QED) is 0.453. The van der Waals surface area contributed by atoms with Crippen molar-refractivity contribution in [3.8, 4) is 27.0 Å². The van der Waals surface area contributed by atoms with E-state index in [4.69, 9.17) is 0 Å². The number of pyridine rings is 1. The fourth-order valence-electron chi connectivity index (χ4n) is 3.11. The molecule has 0 atom stereocenters. The number of benzene rings is 1. The maximum Gasteiger partial charge on any atom is 0.168 e. The maximum absolute atomic E-state index is 4.56. The highest BCUT2D eigenvalue weighted by Crippen LogP contribution is 2.36. The van der Waals surface area contributed by atoms with Crippen molar-refractivity contribution >= 4 is 22.1 Å². The molecule has 0 saturated heterocycles. The number of fused-ring (bicyclic) bond motifs is 1. The molecule has 6 heteroatoms. The Morgan fingerprint density at radius 2 is 1.63 bits per heavy atom. The average molecular weight is 369 g/mol. The van der Waals surface area contributed by atoms with Crippen LogP contribution in [0, 0.1) is 6.92 Å². The standard InChI is InChI=1S/C21H15N5S/c1-14-12-26(13-23-14)21-16-7-3-2-6-15(16)20(24-25-21)19-10-9-18(27-19)17-8-4-5-11-22-17/h2-13H,1H3. The molecule has 0 spiro atoms. The molecular formula is C21H15N5S. The predicted octanol–water partition coefficient (Wildman–Crippen LogP) is 4.91. The van der Waals surface area contributed by atoms with Gasteiger partial charge in [-0.05, 0) is 31.2 Å². The smallest absolute Gasteiger partial charge is 0.168 e. The average Bonchev–Trinajstić information content (AvgIpc) is 3.37. The van der Waals surface area contributed by atoms with Crippen molar-refractivity contribution in [2.75, 3.05) is 0 Å². The van der Waals surface area contributed by atoms with Crippen LogP contribution in [-0.4, -0.2) is 24.7 Å². The summed E-state index contributed by atoms with van der Waals surface area (Å²) in [4.78, 5) is 10.9. The zero-order valence-electron chi connectivity index (χ0n) is 14.6. The summed E-state index contributed by atoms with van der Waals surface area (Å²) in [7, 11) is 0. The van der Waals surface area contributed by atoms with Gasteiger partial charge >= 0.3 is 0 Å². The molecule has 5 aromatic rings. The Kier molecular flexibility index (Phi) is 3.76. The molecule has 0 saturated carbocycles. The summed E-state index contributed by atoms with van der Waals surface area (Å²) >= 11 is 1.68. The summed E-state index contributed by atoms with van der Waals surface area (Å²) in [5.41, 5.74) is 2.80. The number of imidazole rings is 1. The van der Waals surface area contributed by atoms with Crippen LogP contribution in [0.4, 0.5) is 0 Å². The van der Waals surface area contributed by atoms with E-state index >= 15 is 0 Å². The van der Waals surface area contributed by atoms with Gasteiger partial charge in [-0.1, -0.05) is 30.3 Å². The SMILES string of the molecule is Cc1cn(-c2nnc(-c3ccc(-c4ccccn4)s3)c3ccccc23)cn1. The molecule has 0 unspecified atom stereocenters. The lowest BCUT2D eigenvalue weighted by molar-refractivity contribution is 0.933. The van der Waals surface area contributed by atoms with E-state index in [0.717, 1.165) is 43.4 Å². The molecule has 1 aromatic carbocycles. The van der Waals surface area contributed by atoms with Crippen molar-refractivity contribution < 1.29 is 0 Å². The molecule has 0 bridgehead atoms. The van der Waals surface area contributed by atoms with E-state index in [2.05, 4.69) is 44.4 Å². The molecule has 0 radical (unpaired) electrons. The van der Waals surface area contributed by atoms with Crippen molar-refractivity contribution in [3.05, 3.63) is 79.0 Å². The van der Waals surface area contributed by atoms with E-state index in [1.807, 2.05) is 54.2 Å². The van der Waals surface area contributed by atoms with Crippen LogP contribution in [0.3, 0.4) is 0 Å². The highest BCUT2D eigenvalue weighted by atomic mass is 32.1. The lowest BCUT2D eigenvalue weighted by Gasteiger charge is -2.08. The summed E-state index contributed by atoms with van der Waals surface area (Å²) in [5, 5.41) is 11.2. The molecule has 0 aliphatic rings. The lowest BCUT2D eigenvalue weighted by Crippen LogP contribution is -2.00. The van der Waals surface area contributed by atoms with Gasteiger partial charge in [0.25, 0.3) is 0 Å². The van der Waals surface area contributed by atoms with Gasteiger partial charge in [-0.3, -0.25) is 9.55 Å². The highest BCUT2D eigenvalue weighted by Gasteiger charge is 2.14. The third kappa shape index (κ3) is 2.80. The summed E-state index contributed by atoms with van der Waals surface area (Å²) < 4.78 is 1.92. The molecular weight excluding hydrogens is 354 g/mol. The lowest BCUT2D eigenvalue weighted by atomic mass is 10.1. The first-order valence-electron chi connectivity index (χ1n) is 8.57. The van der Waals surface area contributed by atoms with Gasteiger partial charge in [-0.2, -0.15) is 0 Å². The van der Waals surface area contributed by atoms with Gasteiger partial charge in [0.15, 0.2) is 5.82 Å². The predicted molar refractivity (Wildman–Crippen MR) is 108 cm³/mol.